The van der Waals surface area contributed by atoms with Gasteiger partial charge in [0.25, 0.3) is 11.4 Å². The fourth-order valence-electron chi connectivity index (χ4n) is 2.40. The van der Waals surface area contributed by atoms with Crippen LogP contribution in [0.15, 0.2) is 36.4 Å². The largest absolute Gasteiger partial charge is 0.423 e. The molecule has 0 aliphatic carbocycles. The van der Waals surface area contributed by atoms with Crippen LogP contribution in [0.2, 0.25) is 5.02 Å². The minimum atomic E-state index is -5.02. The van der Waals surface area contributed by atoms with Crippen LogP contribution in [0.5, 0.6) is 0 Å². The zero-order chi connectivity index (χ0) is 23.3. The highest BCUT2D eigenvalue weighted by Gasteiger charge is 2.38. The first-order valence-corrected chi connectivity index (χ1v) is 8.61. The van der Waals surface area contributed by atoms with Crippen molar-refractivity contribution in [3.05, 3.63) is 72.8 Å². The van der Waals surface area contributed by atoms with Crippen molar-refractivity contribution in [2.45, 2.75) is 19.1 Å². The molecule has 2 aromatic rings. The number of hydrogen-bond acceptors (Lipinski definition) is 6. The van der Waals surface area contributed by atoms with Crippen molar-refractivity contribution in [2.24, 2.45) is 0 Å². The number of halogens is 4. The highest BCUT2D eigenvalue weighted by Crippen LogP contribution is 2.37. The Labute approximate surface area is 176 Å². The number of non-ortho nitro benzene ring substituents is 1. The Balaban J connectivity index is 1.99. The molecule has 0 aliphatic rings. The van der Waals surface area contributed by atoms with Crippen molar-refractivity contribution >= 4 is 40.5 Å². The number of amides is 2. The van der Waals surface area contributed by atoms with E-state index in [1.54, 1.807) is 0 Å². The summed E-state index contributed by atoms with van der Waals surface area (Å²) >= 11 is 5.88. The van der Waals surface area contributed by atoms with Gasteiger partial charge in [-0.05, 0) is 23.8 Å². The normalized spacial score (nSPS) is 11.0. The van der Waals surface area contributed by atoms with Crippen molar-refractivity contribution in [1.82, 2.24) is 5.32 Å². The van der Waals surface area contributed by atoms with Gasteiger partial charge in [0.05, 0.1) is 14.9 Å². The van der Waals surface area contributed by atoms with Gasteiger partial charge >= 0.3 is 6.18 Å². The lowest BCUT2D eigenvalue weighted by molar-refractivity contribution is -0.388. The third kappa shape index (κ3) is 6.37. The fourth-order valence-corrected chi connectivity index (χ4v) is 2.64. The number of hydrogen-bond donors (Lipinski definition) is 2. The Bertz CT molecular complexity index is 1060. The van der Waals surface area contributed by atoms with E-state index in [2.05, 4.69) is 10.6 Å². The van der Waals surface area contributed by atoms with Crippen LogP contribution >= 0.6 is 11.6 Å². The molecule has 31 heavy (non-hydrogen) atoms. The smallest absolute Gasteiger partial charge is 0.352 e. The molecule has 0 fully saturated rings. The van der Waals surface area contributed by atoms with Crippen LogP contribution in [0.1, 0.15) is 17.5 Å². The van der Waals surface area contributed by atoms with Gasteiger partial charge in [-0.2, -0.15) is 13.2 Å². The second-order valence-corrected chi connectivity index (χ2v) is 6.43. The van der Waals surface area contributed by atoms with Crippen molar-refractivity contribution in [3.8, 4) is 0 Å². The number of nitro groups is 2. The third-order valence-electron chi connectivity index (χ3n) is 3.83. The minimum Gasteiger partial charge on any atom is -0.352 e. The van der Waals surface area contributed by atoms with E-state index in [-0.39, 0.29) is 22.9 Å². The van der Waals surface area contributed by atoms with Gasteiger partial charge in [-0.1, -0.05) is 11.6 Å². The molecule has 10 nitrogen and oxygen atoms in total. The van der Waals surface area contributed by atoms with Crippen molar-refractivity contribution in [3.63, 3.8) is 0 Å². The molecule has 0 unspecified atom stereocenters. The predicted octanol–water partition coefficient (Wildman–Crippen LogP) is 3.82. The summed E-state index contributed by atoms with van der Waals surface area (Å²) in [5.41, 5.74) is -3.02. The van der Waals surface area contributed by atoms with E-state index in [1.165, 1.54) is 12.1 Å². The molecule has 2 aromatic carbocycles. The monoisotopic (exact) mass is 460 g/mol. The molecule has 0 aliphatic heterocycles. The van der Waals surface area contributed by atoms with E-state index in [9.17, 15) is 43.0 Å². The Morgan fingerprint density at radius 3 is 2.23 bits per heavy atom. The van der Waals surface area contributed by atoms with Crippen molar-refractivity contribution in [1.29, 1.82) is 0 Å². The maximum absolute atomic E-state index is 13.0. The lowest BCUT2D eigenvalue weighted by atomic mass is 10.1. The number of rotatable bonds is 7. The first-order chi connectivity index (χ1) is 14.4. The molecular weight excluding hydrogens is 449 g/mol. The summed E-state index contributed by atoms with van der Waals surface area (Å²) < 4.78 is 38.9. The van der Waals surface area contributed by atoms with Crippen LogP contribution in [-0.2, 0) is 22.3 Å². The van der Waals surface area contributed by atoms with Gasteiger partial charge < -0.3 is 10.6 Å². The number of nitrogens with one attached hydrogen (secondary N) is 2. The van der Waals surface area contributed by atoms with Crippen LogP contribution in [0.3, 0.4) is 0 Å². The molecule has 0 bridgehead atoms. The third-order valence-corrected chi connectivity index (χ3v) is 4.18. The van der Waals surface area contributed by atoms with Crippen LogP contribution < -0.4 is 10.6 Å². The van der Waals surface area contributed by atoms with Gasteiger partial charge in [0.15, 0.2) is 0 Å². The number of anilines is 1. The van der Waals surface area contributed by atoms with Crippen LogP contribution in [-0.4, -0.2) is 21.7 Å². The second kappa shape index (κ2) is 9.38. The van der Waals surface area contributed by atoms with E-state index in [1.807, 2.05) is 0 Å². The highest BCUT2D eigenvalue weighted by atomic mass is 35.5. The second-order valence-electron chi connectivity index (χ2n) is 6.02. The van der Waals surface area contributed by atoms with Crippen LogP contribution in [0.4, 0.5) is 30.2 Å². The molecule has 2 amide bonds. The van der Waals surface area contributed by atoms with Crippen LogP contribution in [0.25, 0.3) is 0 Å². The molecule has 0 saturated heterocycles. The van der Waals surface area contributed by atoms with Crippen molar-refractivity contribution < 1.29 is 32.6 Å². The van der Waals surface area contributed by atoms with Gasteiger partial charge in [0.1, 0.15) is 12.0 Å². The molecule has 0 radical (unpaired) electrons. The lowest BCUT2D eigenvalue weighted by Gasteiger charge is -2.11. The first kappa shape index (κ1) is 23.5. The highest BCUT2D eigenvalue weighted by molar-refractivity contribution is 6.31. The predicted molar refractivity (Wildman–Crippen MR) is 101 cm³/mol. The van der Waals surface area contributed by atoms with E-state index >= 15 is 0 Å². The molecule has 2 rings (SSSR count). The number of nitro benzene ring substituents is 2. The number of carbonyl (C=O) groups excluding carboxylic acids is 2. The molecule has 0 aromatic heterocycles. The van der Waals surface area contributed by atoms with E-state index in [0.29, 0.717) is 17.7 Å². The molecule has 0 saturated carbocycles. The summed E-state index contributed by atoms with van der Waals surface area (Å²) in [7, 11) is 0. The SMILES string of the molecule is O=C(CC(=O)Nc1ccc([N+](=O)[O-])c(C(F)(F)F)c1)NCc1ccc([N+](=O)[O-])cc1Cl. The van der Waals surface area contributed by atoms with Gasteiger partial charge in [0.2, 0.25) is 11.8 Å². The summed E-state index contributed by atoms with van der Waals surface area (Å²) in [6.07, 6.45) is -5.78. The number of benzene rings is 2. The van der Waals surface area contributed by atoms with E-state index in [4.69, 9.17) is 11.6 Å². The van der Waals surface area contributed by atoms with E-state index in [0.717, 1.165) is 12.1 Å². The molecule has 0 heterocycles. The molecule has 0 atom stereocenters. The van der Waals surface area contributed by atoms with Gasteiger partial charge in [-0.25, -0.2) is 0 Å². The van der Waals surface area contributed by atoms with Crippen LogP contribution in [0, 0.1) is 20.2 Å². The summed E-state index contributed by atoms with van der Waals surface area (Å²) in [6, 6.07) is 5.46. The average molecular weight is 461 g/mol. The standard InChI is InChI=1S/C17H12ClF3N4O6/c18-13-6-11(24(28)29)3-1-9(13)8-22-15(26)7-16(27)23-10-2-4-14(25(30)31)12(5-10)17(19,20)21/h1-6H,7-8H2,(H,22,26)(H,23,27). The number of nitrogens with zero attached hydrogens (tertiary/aromatic N) is 2. The van der Waals surface area contributed by atoms with Gasteiger partial charge in [-0.15, -0.1) is 0 Å². The van der Waals surface area contributed by atoms with Gasteiger partial charge in [-0.3, -0.25) is 29.8 Å². The quantitative estimate of drug-likeness (QED) is 0.365. The molecule has 164 valence electrons. The molecule has 14 heteroatoms. The Kier molecular flexibility index (Phi) is 7.12. The summed E-state index contributed by atoms with van der Waals surface area (Å²) in [5, 5.41) is 25.8. The maximum atomic E-state index is 13.0. The summed E-state index contributed by atoms with van der Waals surface area (Å²) in [6.45, 7) is -0.154. The number of alkyl halides is 3. The summed E-state index contributed by atoms with van der Waals surface area (Å²) in [4.78, 5) is 43.3. The zero-order valence-corrected chi connectivity index (χ0v) is 16.0. The molecule has 2 N–H and O–H groups in total. The topological polar surface area (TPSA) is 144 Å². The number of carbonyl (C=O) groups is 2. The average Bonchev–Trinajstić information content (AvgIpc) is 2.65. The van der Waals surface area contributed by atoms with E-state index < -0.39 is 45.5 Å². The fraction of sp³-hybridized carbons (Fsp3) is 0.176. The summed E-state index contributed by atoms with van der Waals surface area (Å²) in [5.74, 6) is -1.76. The maximum Gasteiger partial charge on any atom is 0.423 e. The molecular formula is C17H12ClF3N4O6. The Morgan fingerprint density at radius 2 is 1.68 bits per heavy atom. The minimum absolute atomic E-state index is 0.0181. The zero-order valence-electron chi connectivity index (χ0n) is 15.2. The Morgan fingerprint density at radius 1 is 1.00 bits per heavy atom. The Hall–Kier alpha value is -3.74. The lowest BCUT2D eigenvalue weighted by Crippen LogP contribution is -2.28. The first-order valence-electron chi connectivity index (χ1n) is 8.23. The van der Waals surface area contributed by atoms with Crippen molar-refractivity contribution in [2.75, 3.05) is 5.32 Å². The van der Waals surface area contributed by atoms with Gasteiger partial charge in [0, 0.05) is 30.4 Å². The molecule has 0 spiro atoms.